The fraction of sp³-hybridized carbons (Fsp3) is 0.883. The highest BCUT2D eigenvalue weighted by atomic mass is 16.6. The van der Waals surface area contributed by atoms with Crippen LogP contribution >= 0.6 is 0 Å². The summed E-state index contributed by atoms with van der Waals surface area (Å²) in [5.74, 6) is -3.40. The fourth-order valence-electron chi connectivity index (χ4n) is 9.83. The van der Waals surface area contributed by atoms with Crippen LogP contribution in [0.1, 0.15) is 232 Å². The molecule has 15 nitrogen and oxygen atoms in total. The number of hydrogen-bond donors (Lipinski definition) is 1. The van der Waals surface area contributed by atoms with Gasteiger partial charge in [-0.3, -0.25) is 33.6 Å². The van der Waals surface area contributed by atoms with Crippen LogP contribution in [0.4, 0.5) is 0 Å². The number of rotatable bonds is 13. The smallest absolute Gasteiger partial charge is 0.312 e. The average molecular weight is 1070 g/mol. The monoisotopic (exact) mass is 1070 g/mol. The average Bonchev–Trinajstić information content (AvgIpc) is 4.13. The topological polar surface area (TPSA) is 204 Å². The van der Waals surface area contributed by atoms with Crippen molar-refractivity contribution in [3.05, 3.63) is 0 Å². The van der Waals surface area contributed by atoms with Gasteiger partial charge in [-0.15, -0.1) is 0 Å². The van der Waals surface area contributed by atoms with Crippen LogP contribution in [0.3, 0.4) is 0 Å². The van der Waals surface area contributed by atoms with E-state index >= 15 is 0 Å². The first-order chi connectivity index (χ1) is 32.4. The molecule has 5 aliphatic carbocycles. The standard InChI is InChI=1S/C18H30O5.C16H22O6.C12H22O2.C10H20O2.4CH4/c1-7-18(5,6)16(21)22-14-11-8-10(13(14)19)9-12(11)15(20)23-17(2,3)4;1-5-16(2,3)15(19)22-12-7-6-8-10(9(7)13(17)20-4)14(18)21-11(8)12;1-5-11(2,3)10(13)14-12(4)8-6-7-9-12;1-7-10(5,6)8(11)12-9(2,3)4;;;;/h10-14,19H,7-9H2,1-6H3;7-12H,5-6H2,1-4H3;5-9H2,1-4H3;7H2,1-6H3;4*1H4. The van der Waals surface area contributed by atoms with Crippen LogP contribution in [0.15, 0.2) is 0 Å². The van der Waals surface area contributed by atoms with E-state index in [1.165, 1.54) is 20.0 Å². The zero-order chi connectivity index (χ0) is 54.6. The zero-order valence-corrected chi connectivity index (χ0v) is 47.3. The SMILES string of the molecule is C.C.C.C.CCC(C)(C)C(=O)OC(C)(C)C.CCC(C)(C)C(=O)OC1(C)CCCC1.CCC(C)(C)C(=O)OC1C(O)C2CC(C(=O)OC(C)(C)C)C1C2.CCC(C)(C)C(=O)OC1C2CC3C1OC(=O)C3C2C(=O)OC. The van der Waals surface area contributed by atoms with Gasteiger partial charge in [-0.25, -0.2) is 0 Å². The predicted octanol–water partition coefficient (Wildman–Crippen LogP) is 12.6. The van der Waals surface area contributed by atoms with Gasteiger partial charge in [0.15, 0.2) is 0 Å². The molecule has 11 unspecified atom stereocenters. The van der Waals surface area contributed by atoms with Crippen LogP contribution in [-0.2, 0) is 66.7 Å². The summed E-state index contributed by atoms with van der Waals surface area (Å²) in [5.41, 5.74) is -2.94. The summed E-state index contributed by atoms with van der Waals surface area (Å²) in [6.07, 6.45) is 7.20. The second-order valence-corrected chi connectivity index (χ2v) is 25.8. The highest BCUT2D eigenvalue weighted by Gasteiger charge is 2.70. The normalized spacial score (nSPS) is 27.6. The maximum Gasteiger partial charge on any atom is 0.312 e. The van der Waals surface area contributed by atoms with Crippen molar-refractivity contribution in [2.75, 3.05) is 7.11 Å². The molecule has 1 saturated heterocycles. The van der Waals surface area contributed by atoms with Crippen molar-refractivity contribution in [1.82, 2.24) is 0 Å². The van der Waals surface area contributed by atoms with Gasteiger partial charge in [0.2, 0.25) is 0 Å². The molecule has 5 saturated carbocycles. The highest BCUT2D eigenvalue weighted by Crippen LogP contribution is 2.59. The molecule has 6 aliphatic rings. The van der Waals surface area contributed by atoms with Crippen LogP contribution in [0.5, 0.6) is 0 Å². The van der Waals surface area contributed by atoms with E-state index in [9.17, 15) is 38.7 Å². The lowest BCUT2D eigenvalue weighted by molar-refractivity contribution is -0.179. The van der Waals surface area contributed by atoms with Crippen molar-refractivity contribution in [2.45, 2.75) is 273 Å². The van der Waals surface area contributed by atoms with Gasteiger partial charge in [0.25, 0.3) is 0 Å². The molecule has 6 rings (SSSR count). The summed E-state index contributed by atoms with van der Waals surface area (Å²) >= 11 is 0. The predicted molar refractivity (Wildman–Crippen MR) is 294 cm³/mol. The van der Waals surface area contributed by atoms with Crippen molar-refractivity contribution < 1.29 is 71.8 Å². The lowest BCUT2D eigenvalue weighted by atomic mass is 9.78. The quantitative estimate of drug-likeness (QED) is 0.135. The third kappa shape index (κ3) is 18.2. The van der Waals surface area contributed by atoms with E-state index in [4.69, 9.17) is 33.2 Å². The van der Waals surface area contributed by atoms with Crippen molar-refractivity contribution in [2.24, 2.45) is 63.1 Å². The maximum absolute atomic E-state index is 12.4. The molecular formula is C60H110O15. The van der Waals surface area contributed by atoms with Gasteiger partial charge in [0.05, 0.1) is 52.6 Å². The zero-order valence-electron chi connectivity index (χ0n) is 47.3. The van der Waals surface area contributed by atoms with E-state index < -0.39 is 58.7 Å². The maximum atomic E-state index is 12.4. The molecule has 0 radical (unpaired) electrons. The van der Waals surface area contributed by atoms with E-state index in [0.717, 1.165) is 32.1 Å². The number of fused-ring (bicyclic) bond motifs is 3. The number of aliphatic hydroxyl groups is 1. The summed E-state index contributed by atoms with van der Waals surface area (Å²) in [5, 5.41) is 10.4. The number of esters is 7. The number of methoxy groups -OCH3 is 1. The second kappa shape index (κ2) is 27.7. The Morgan fingerprint density at radius 3 is 1.41 bits per heavy atom. The third-order valence-electron chi connectivity index (χ3n) is 16.3. The van der Waals surface area contributed by atoms with Gasteiger partial charge in [0, 0.05) is 17.8 Å². The molecule has 6 fully saturated rings. The van der Waals surface area contributed by atoms with Crippen LogP contribution < -0.4 is 0 Å². The van der Waals surface area contributed by atoms with E-state index in [0.29, 0.717) is 25.7 Å². The van der Waals surface area contributed by atoms with Crippen LogP contribution in [0, 0.1) is 63.1 Å². The molecule has 0 amide bonds. The van der Waals surface area contributed by atoms with E-state index in [-0.39, 0.29) is 117 Å². The molecule has 4 bridgehead atoms. The summed E-state index contributed by atoms with van der Waals surface area (Å²) in [4.78, 5) is 84.5. The van der Waals surface area contributed by atoms with Gasteiger partial charge in [-0.1, -0.05) is 57.4 Å². The molecule has 11 atom stereocenters. The lowest BCUT2D eigenvalue weighted by Gasteiger charge is -2.34. The molecular weight excluding hydrogens is 961 g/mol. The Hall–Kier alpha value is -3.75. The summed E-state index contributed by atoms with van der Waals surface area (Å²) < 4.78 is 37.9. The highest BCUT2D eigenvalue weighted by molar-refractivity contribution is 5.86. The summed E-state index contributed by atoms with van der Waals surface area (Å²) in [6, 6.07) is 0. The number of ether oxygens (including phenoxy) is 7. The molecule has 15 heteroatoms. The lowest BCUT2D eigenvalue weighted by Crippen LogP contribution is -2.45. The molecule has 0 spiro atoms. The minimum Gasteiger partial charge on any atom is -0.469 e. The van der Waals surface area contributed by atoms with Gasteiger partial charge >= 0.3 is 41.8 Å². The first-order valence-electron chi connectivity index (χ1n) is 26.4. The first-order valence-corrected chi connectivity index (χ1v) is 26.4. The number of hydrogen-bond acceptors (Lipinski definition) is 15. The van der Waals surface area contributed by atoms with Crippen molar-refractivity contribution in [3.8, 4) is 0 Å². The van der Waals surface area contributed by atoms with Gasteiger partial charge < -0.3 is 38.3 Å². The van der Waals surface area contributed by atoms with E-state index in [1.807, 2.05) is 125 Å². The second-order valence-electron chi connectivity index (χ2n) is 25.8. The van der Waals surface area contributed by atoms with Gasteiger partial charge in [0.1, 0.15) is 35.1 Å². The molecule has 440 valence electrons. The molecule has 0 aromatic heterocycles. The number of aliphatic hydroxyl groups excluding tert-OH is 1. The van der Waals surface area contributed by atoms with E-state index in [2.05, 4.69) is 6.92 Å². The minimum absolute atomic E-state index is 0. The number of carbonyl (C=O) groups excluding carboxylic acids is 7. The Labute approximate surface area is 455 Å². The third-order valence-corrected chi connectivity index (χ3v) is 16.3. The first kappa shape index (κ1) is 73.3. The van der Waals surface area contributed by atoms with Gasteiger partial charge in [-0.05, 0) is 180 Å². The Bertz CT molecular complexity index is 1890. The van der Waals surface area contributed by atoms with Crippen molar-refractivity contribution in [1.29, 1.82) is 0 Å². The van der Waals surface area contributed by atoms with Crippen LogP contribution in [-0.4, -0.2) is 95.2 Å². The minimum atomic E-state index is -0.671. The van der Waals surface area contributed by atoms with Crippen LogP contribution in [0.25, 0.3) is 0 Å². The largest absolute Gasteiger partial charge is 0.469 e. The molecule has 1 aliphatic heterocycles. The van der Waals surface area contributed by atoms with Crippen molar-refractivity contribution >= 4 is 41.8 Å². The summed E-state index contributed by atoms with van der Waals surface area (Å²) in [6.45, 7) is 36.1. The summed E-state index contributed by atoms with van der Waals surface area (Å²) in [7, 11) is 1.31. The Morgan fingerprint density at radius 2 is 1.00 bits per heavy atom. The molecule has 0 aromatic carbocycles. The Kier molecular flexibility index (Phi) is 27.1. The van der Waals surface area contributed by atoms with Gasteiger partial charge in [-0.2, -0.15) is 0 Å². The number of carbonyl (C=O) groups is 7. The Morgan fingerprint density at radius 1 is 0.573 bits per heavy atom. The van der Waals surface area contributed by atoms with Crippen molar-refractivity contribution in [3.63, 3.8) is 0 Å². The van der Waals surface area contributed by atoms with E-state index in [1.54, 1.807) is 0 Å². The molecule has 75 heavy (non-hydrogen) atoms. The van der Waals surface area contributed by atoms with Crippen LogP contribution in [0.2, 0.25) is 0 Å². The Balaban J connectivity index is 0. The molecule has 0 aromatic rings. The fourth-order valence-corrected chi connectivity index (χ4v) is 9.83. The molecule has 1 N–H and O–H groups in total. The molecule has 1 heterocycles.